The Morgan fingerprint density at radius 2 is 1.88 bits per heavy atom. The number of anilines is 1. The molecule has 6 nitrogen and oxygen atoms in total. The zero-order chi connectivity index (χ0) is 18.0. The molecule has 0 aromatic heterocycles. The quantitative estimate of drug-likeness (QED) is 0.890. The molecule has 1 aliphatic rings. The first-order valence-electron chi connectivity index (χ1n) is 7.44. The standard InChI is InChI=1S/C17H15F2NO5/c1-3-23-12-6-4-10(8-14(12)22-2)16(21)20-11-5-7-13-15(9-11)25-17(18,19)24-13/h4-9H,3H2,1-2H3,(H,20,21). The molecule has 1 amide bonds. The van der Waals surface area contributed by atoms with E-state index >= 15 is 0 Å². The number of fused-ring (bicyclic) bond motifs is 1. The first kappa shape index (κ1) is 16.8. The van der Waals surface area contributed by atoms with Gasteiger partial charge in [0.25, 0.3) is 5.91 Å². The number of carbonyl (C=O) groups is 1. The van der Waals surface area contributed by atoms with Crippen LogP contribution in [0, 0.1) is 0 Å². The molecule has 0 saturated carbocycles. The maximum Gasteiger partial charge on any atom is 0.586 e. The van der Waals surface area contributed by atoms with E-state index in [1.54, 1.807) is 12.1 Å². The van der Waals surface area contributed by atoms with Crippen LogP contribution in [-0.4, -0.2) is 25.9 Å². The lowest BCUT2D eigenvalue weighted by atomic mass is 10.1. The van der Waals surface area contributed by atoms with E-state index < -0.39 is 12.2 Å². The molecule has 2 aromatic carbocycles. The molecule has 1 heterocycles. The third kappa shape index (κ3) is 3.57. The number of ether oxygens (including phenoxy) is 4. The predicted molar refractivity (Wildman–Crippen MR) is 84.8 cm³/mol. The monoisotopic (exact) mass is 351 g/mol. The van der Waals surface area contributed by atoms with Crippen molar-refractivity contribution < 1.29 is 32.5 Å². The van der Waals surface area contributed by atoms with Gasteiger partial charge < -0.3 is 24.3 Å². The summed E-state index contributed by atoms with van der Waals surface area (Å²) in [5.74, 6) is 0.261. The molecule has 25 heavy (non-hydrogen) atoms. The van der Waals surface area contributed by atoms with E-state index in [-0.39, 0.29) is 17.2 Å². The highest BCUT2D eigenvalue weighted by atomic mass is 19.3. The Labute approximate surface area is 142 Å². The van der Waals surface area contributed by atoms with Crippen molar-refractivity contribution in [1.82, 2.24) is 0 Å². The number of amides is 1. The largest absolute Gasteiger partial charge is 0.586 e. The SMILES string of the molecule is CCOc1ccc(C(=O)Nc2ccc3c(c2)OC(F)(F)O3)cc1OC. The molecule has 0 unspecified atom stereocenters. The summed E-state index contributed by atoms with van der Waals surface area (Å²) in [6.45, 7) is 2.30. The number of halogens is 2. The van der Waals surface area contributed by atoms with Gasteiger partial charge in [-0.1, -0.05) is 0 Å². The normalized spacial score (nSPS) is 14.1. The maximum absolute atomic E-state index is 13.0. The van der Waals surface area contributed by atoms with Gasteiger partial charge >= 0.3 is 6.29 Å². The number of alkyl halides is 2. The minimum absolute atomic E-state index is 0.0919. The number of hydrogen-bond acceptors (Lipinski definition) is 5. The van der Waals surface area contributed by atoms with Crippen molar-refractivity contribution in [3.05, 3.63) is 42.0 Å². The van der Waals surface area contributed by atoms with Gasteiger partial charge in [-0.25, -0.2) is 0 Å². The highest BCUT2D eigenvalue weighted by molar-refractivity contribution is 6.04. The predicted octanol–water partition coefficient (Wildman–Crippen LogP) is 3.67. The van der Waals surface area contributed by atoms with E-state index in [4.69, 9.17) is 9.47 Å². The van der Waals surface area contributed by atoms with Gasteiger partial charge in [0, 0.05) is 17.3 Å². The Bertz CT molecular complexity index is 810. The number of nitrogens with one attached hydrogen (secondary N) is 1. The molecule has 0 saturated heterocycles. The molecule has 132 valence electrons. The number of methoxy groups -OCH3 is 1. The summed E-state index contributed by atoms with van der Waals surface area (Å²) < 4.78 is 45.3. The van der Waals surface area contributed by atoms with Crippen LogP contribution in [0.25, 0.3) is 0 Å². The van der Waals surface area contributed by atoms with Crippen LogP contribution in [0.1, 0.15) is 17.3 Å². The fourth-order valence-corrected chi connectivity index (χ4v) is 2.31. The van der Waals surface area contributed by atoms with Crippen LogP contribution in [0.15, 0.2) is 36.4 Å². The first-order chi connectivity index (χ1) is 11.9. The molecule has 1 N–H and O–H groups in total. The number of benzene rings is 2. The Kier molecular flexibility index (Phi) is 4.35. The smallest absolute Gasteiger partial charge is 0.493 e. The van der Waals surface area contributed by atoms with Crippen LogP contribution >= 0.6 is 0 Å². The van der Waals surface area contributed by atoms with E-state index in [2.05, 4.69) is 14.8 Å². The summed E-state index contributed by atoms with van der Waals surface area (Å²) in [5, 5.41) is 2.60. The maximum atomic E-state index is 13.0. The Morgan fingerprint density at radius 1 is 1.12 bits per heavy atom. The lowest BCUT2D eigenvalue weighted by Gasteiger charge is -2.11. The van der Waals surface area contributed by atoms with E-state index in [9.17, 15) is 13.6 Å². The molecule has 8 heteroatoms. The minimum Gasteiger partial charge on any atom is -0.493 e. The fourth-order valence-electron chi connectivity index (χ4n) is 2.31. The summed E-state index contributed by atoms with van der Waals surface area (Å²) >= 11 is 0. The zero-order valence-corrected chi connectivity index (χ0v) is 13.5. The van der Waals surface area contributed by atoms with Crippen LogP contribution in [0.3, 0.4) is 0 Å². The van der Waals surface area contributed by atoms with E-state index in [0.717, 1.165) is 0 Å². The van der Waals surface area contributed by atoms with Crippen molar-refractivity contribution in [2.75, 3.05) is 19.0 Å². The van der Waals surface area contributed by atoms with Crippen LogP contribution in [0.4, 0.5) is 14.5 Å². The average molecular weight is 351 g/mol. The Balaban J connectivity index is 1.77. The molecule has 0 radical (unpaired) electrons. The highest BCUT2D eigenvalue weighted by Gasteiger charge is 2.43. The molecule has 0 atom stereocenters. The molecule has 2 aromatic rings. The average Bonchev–Trinajstić information content (AvgIpc) is 2.88. The van der Waals surface area contributed by atoms with E-state index in [0.29, 0.717) is 23.7 Å². The van der Waals surface area contributed by atoms with Crippen molar-refractivity contribution in [3.8, 4) is 23.0 Å². The summed E-state index contributed by atoms with van der Waals surface area (Å²) in [4.78, 5) is 12.4. The Hall–Kier alpha value is -3.03. The highest BCUT2D eigenvalue weighted by Crippen LogP contribution is 2.42. The van der Waals surface area contributed by atoms with Gasteiger partial charge in [-0.2, -0.15) is 0 Å². The molecule has 1 aliphatic heterocycles. The third-order valence-corrected chi connectivity index (χ3v) is 3.38. The third-order valence-electron chi connectivity index (χ3n) is 3.38. The van der Waals surface area contributed by atoms with Crippen molar-refractivity contribution in [3.63, 3.8) is 0 Å². The molecule has 3 rings (SSSR count). The van der Waals surface area contributed by atoms with Gasteiger partial charge in [-0.15, -0.1) is 8.78 Å². The lowest BCUT2D eigenvalue weighted by molar-refractivity contribution is -0.286. The van der Waals surface area contributed by atoms with Gasteiger partial charge in [0.1, 0.15) is 0 Å². The summed E-state index contributed by atoms with van der Waals surface area (Å²) in [6, 6.07) is 8.72. The van der Waals surface area contributed by atoms with Gasteiger partial charge in [-0.3, -0.25) is 4.79 Å². The van der Waals surface area contributed by atoms with Gasteiger partial charge in [0.2, 0.25) is 0 Å². The van der Waals surface area contributed by atoms with Crippen LogP contribution in [0.2, 0.25) is 0 Å². The van der Waals surface area contributed by atoms with Crippen molar-refractivity contribution in [1.29, 1.82) is 0 Å². The Morgan fingerprint density at radius 3 is 2.60 bits per heavy atom. The molecule has 0 spiro atoms. The van der Waals surface area contributed by atoms with Crippen LogP contribution < -0.4 is 24.3 Å². The number of carbonyl (C=O) groups excluding carboxylic acids is 1. The fraction of sp³-hybridized carbons (Fsp3) is 0.235. The van der Waals surface area contributed by atoms with Crippen molar-refractivity contribution in [2.24, 2.45) is 0 Å². The van der Waals surface area contributed by atoms with Crippen molar-refractivity contribution >= 4 is 11.6 Å². The van der Waals surface area contributed by atoms with Crippen molar-refractivity contribution in [2.45, 2.75) is 13.2 Å². The second-order valence-corrected chi connectivity index (χ2v) is 5.08. The number of rotatable bonds is 5. The lowest BCUT2D eigenvalue weighted by Crippen LogP contribution is -2.25. The van der Waals surface area contributed by atoms with Crippen LogP contribution in [-0.2, 0) is 0 Å². The first-order valence-corrected chi connectivity index (χ1v) is 7.44. The second-order valence-electron chi connectivity index (χ2n) is 5.08. The second kappa shape index (κ2) is 6.46. The molecule has 0 bridgehead atoms. The summed E-state index contributed by atoms with van der Waals surface area (Å²) in [7, 11) is 1.47. The van der Waals surface area contributed by atoms with Gasteiger partial charge in [0.15, 0.2) is 23.0 Å². The zero-order valence-electron chi connectivity index (χ0n) is 13.5. The molecular weight excluding hydrogens is 336 g/mol. The topological polar surface area (TPSA) is 66.0 Å². The minimum atomic E-state index is -3.70. The molecular formula is C17H15F2NO5. The van der Waals surface area contributed by atoms with Crippen LogP contribution in [0.5, 0.6) is 23.0 Å². The summed E-state index contributed by atoms with van der Waals surface area (Å²) in [6.07, 6.45) is -3.70. The van der Waals surface area contributed by atoms with Gasteiger partial charge in [-0.05, 0) is 37.3 Å². The molecule has 0 aliphatic carbocycles. The molecule has 0 fully saturated rings. The summed E-state index contributed by atoms with van der Waals surface area (Å²) in [5.41, 5.74) is 0.612. The van der Waals surface area contributed by atoms with Gasteiger partial charge in [0.05, 0.1) is 13.7 Å². The van der Waals surface area contributed by atoms with E-state index in [1.165, 1.54) is 31.4 Å². The van der Waals surface area contributed by atoms with E-state index in [1.807, 2.05) is 6.92 Å². The number of hydrogen-bond donors (Lipinski definition) is 1.